The van der Waals surface area contributed by atoms with Crippen LogP contribution in [0.3, 0.4) is 0 Å². The zero-order valence-electron chi connectivity index (χ0n) is 21.8. The molecule has 38 heavy (non-hydrogen) atoms. The summed E-state index contributed by atoms with van der Waals surface area (Å²) in [6, 6.07) is 10.2. The summed E-state index contributed by atoms with van der Waals surface area (Å²) < 4.78 is 7.15. The molecule has 0 radical (unpaired) electrons. The lowest BCUT2D eigenvalue weighted by molar-refractivity contribution is -0.150. The van der Waals surface area contributed by atoms with E-state index in [1.54, 1.807) is 6.20 Å². The number of ether oxygens (including phenoxy) is 1. The molecule has 0 saturated carbocycles. The molecule has 2 fully saturated rings. The van der Waals surface area contributed by atoms with Gasteiger partial charge in [-0.15, -0.1) is 0 Å². The number of anilines is 2. The molecular weight excluding hydrogens is 480 g/mol. The summed E-state index contributed by atoms with van der Waals surface area (Å²) in [5, 5.41) is 14.0. The van der Waals surface area contributed by atoms with Gasteiger partial charge in [-0.1, -0.05) is 12.1 Å². The van der Waals surface area contributed by atoms with Crippen LogP contribution in [0.25, 0.3) is 16.7 Å². The normalized spacial score (nSPS) is 18.8. The van der Waals surface area contributed by atoms with Crippen LogP contribution in [0.2, 0.25) is 0 Å². The van der Waals surface area contributed by atoms with Crippen LogP contribution in [0.5, 0.6) is 0 Å². The minimum atomic E-state index is -0.0861. The minimum Gasteiger partial charge on any atom is -0.380 e. The summed E-state index contributed by atoms with van der Waals surface area (Å²) in [6.45, 7) is 9.26. The maximum absolute atomic E-state index is 12.7. The molecule has 1 N–H and O–H groups in total. The van der Waals surface area contributed by atoms with Crippen molar-refractivity contribution in [2.75, 3.05) is 43.1 Å². The number of carbonyl (C=O) groups excluding carboxylic acids is 1. The summed E-state index contributed by atoms with van der Waals surface area (Å²) in [7, 11) is 0. The molecule has 5 heterocycles. The Balaban J connectivity index is 1.33. The highest BCUT2D eigenvalue weighted by Crippen LogP contribution is 2.31. The van der Waals surface area contributed by atoms with Gasteiger partial charge in [0.2, 0.25) is 11.7 Å². The Morgan fingerprint density at radius 2 is 2.11 bits per heavy atom. The molecule has 0 bridgehead atoms. The number of nitrogens with one attached hydrogen (secondary N) is 1. The molecule has 0 unspecified atom stereocenters. The van der Waals surface area contributed by atoms with E-state index in [0.717, 1.165) is 27.8 Å². The van der Waals surface area contributed by atoms with Crippen molar-refractivity contribution in [2.24, 2.45) is 5.92 Å². The fourth-order valence-electron chi connectivity index (χ4n) is 5.47. The van der Waals surface area contributed by atoms with E-state index in [1.807, 2.05) is 46.8 Å². The van der Waals surface area contributed by atoms with Gasteiger partial charge in [0, 0.05) is 43.5 Å². The zero-order chi connectivity index (χ0) is 26.4. The first-order chi connectivity index (χ1) is 18.4. The number of aromatic nitrogens is 4. The largest absolute Gasteiger partial charge is 0.380 e. The van der Waals surface area contributed by atoms with Gasteiger partial charge in [0.05, 0.1) is 48.5 Å². The third kappa shape index (κ3) is 4.09. The number of amides is 1. The Labute approximate surface area is 220 Å². The number of nitrogens with zero attached hydrogens (tertiary/aromatic N) is 7. The van der Waals surface area contributed by atoms with E-state index in [2.05, 4.69) is 41.2 Å². The van der Waals surface area contributed by atoms with E-state index >= 15 is 0 Å². The van der Waals surface area contributed by atoms with Crippen LogP contribution < -0.4 is 10.2 Å². The molecule has 2 aliphatic rings. The number of benzene rings is 1. The summed E-state index contributed by atoms with van der Waals surface area (Å²) >= 11 is 0. The first-order valence-corrected chi connectivity index (χ1v) is 13.0. The van der Waals surface area contributed by atoms with Gasteiger partial charge in [-0.05, 0) is 44.0 Å². The Hall–Kier alpha value is -4.23. The van der Waals surface area contributed by atoms with Crippen molar-refractivity contribution in [1.29, 1.82) is 5.26 Å². The Morgan fingerprint density at radius 1 is 1.26 bits per heavy atom. The van der Waals surface area contributed by atoms with Gasteiger partial charge in [0.25, 0.3) is 0 Å². The van der Waals surface area contributed by atoms with Gasteiger partial charge < -0.3 is 19.9 Å². The van der Waals surface area contributed by atoms with Crippen molar-refractivity contribution < 1.29 is 9.53 Å². The Morgan fingerprint density at radius 3 is 2.84 bits per heavy atom. The second-order valence-electron chi connectivity index (χ2n) is 10.2. The van der Waals surface area contributed by atoms with Crippen LogP contribution in [-0.4, -0.2) is 69.0 Å². The predicted molar refractivity (Wildman–Crippen MR) is 144 cm³/mol. The lowest BCUT2D eigenvalue weighted by Crippen LogP contribution is -2.57. The average molecular weight is 511 g/mol. The van der Waals surface area contributed by atoms with E-state index in [9.17, 15) is 10.1 Å². The van der Waals surface area contributed by atoms with Gasteiger partial charge in [-0.3, -0.25) is 9.20 Å². The van der Waals surface area contributed by atoms with E-state index in [4.69, 9.17) is 14.7 Å². The third-order valence-corrected chi connectivity index (χ3v) is 7.75. The maximum atomic E-state index is 12.7. The summed E-state index contributed by atoms with van der Waals surface area (Å²) in [5.74, 6) is 2.35. The van der Waals surface area contributed by atoms with Crippen LogP contribution in [0.15, 0.2) is 42.9 Å². The van der Waals surface area contributed by atoms with Gasteiger partial charge in [-0.25, -0.2) is 9.97 Å². The van der Waals surface area contributed by atoms with Crippen molar-refractivity contribution in [3.8, 4) is 6.07 Å². The van der Waals surface area contributed by atoms with E-state index < -0.39 is 0 Å². The highest BCUT2D eigenvalue weighted by Gasteiger charge is 2.34. The first kappa shape index (κ1) is 24.1. The van der Waals surface area contributed by atoms with E-state index in [1.165, 1.54) is 0 Å². The molecule has 10 heteroatoms. The van der Waals surface area contributed by atoms with Crippen LogP contribution >= 0.6 is 0 Å². The molecule has 1 amide bonds. The SMILES string of the molecule is Cc1c(C#N)cccc1[C@@H](C)Nc1nc2nccn2c2cnc(N3CCN(C(=O)C4COC4)C[C@@H]3C)cc12. The van der Waals surface area contributed by atoms with Crippen LogP contribution in [0.1, 0.15) is 36.6 Å². The van der Waals surface area contributed by atoms with E-state index in [-0.39, 0.29) is 23.9 Å². The molecule has 3 aromatic heterocycles. The second-order valence-corrected chi connectivity index (χ2v) is 10.2. The molecule has 0 spiro atoms. The van der Waals surface area contributed by atoms with Crippen molar-refractivity contribution in [3.05, 3.63) is 59.5 Å². The lowest BCUT2D eigenvalue weighted by Gasteiger charge is -2.42. The number of hydrogen-bond donors (Lipinski definition) is 1. The second kappa shape index (κ2) is 9.58. The highest BCUT2D eigenvalue weighted by molar-refractivity contribution is 5.92. The molecule has 2 saturated heterocycles. The van der Waals surface area contributed by atoms with Gasteiger partial charge in [-0.2, -0.15) is 10.2 Å². The topological polar surface area (TPSA) is 112 Å². The van der Waals surface area contributed by atoms with E-state index in [0.29, 0.717) is 50.0 Å². The predicted octanol–water partition coefficient (Wildman–Crippen LogP) is 3.31. The minimum absolute atomic E-state index is 0.00400. The quantitative estimate of drug-likeness (QED) is 0.435. The Bertz CT molecular complexity index is 1570. The van der Waals surface area contributed by atoms with Crippen molar-refractivity contribution in [2.45, 2.75) is 32.9 Å². The number of piperazine rings is 1. The molecule has 1 aromatic carbocycles. The number of hydrogen-bond acceptors (Lipinski definition) is 8. The lowest BCUT2D eigenvalue weighted by atomic mass is 9.98. The number of pyridine rings is 1. The number of rotatable bonds is 5. The highest BCUT2D eigenvalue weighted by atomic mass is 16.5. The number of carbonyl (C=O) groups is 1. The smallest absolute Gasteiger partial charge is 0.236 e. The number of fused-ring (bicyclic) bond motifs is 3. The zero-order valence-corrected chi connectivity index (χ0v) is 21.8. The van der Waals surface area contributed by atoms with Gasteiger partial charge in [0.1, 0.15) is 11.6 Å². The van der Waals surface area contributed by atoms with Crippen molar-refractivity contribution in [3.63, 3.8) is 0 Å². The molecule has 2 aliphatic heterocycles. The maximum Gasteiger partial charge on any atom is 0.236 e. The monoisotopic (exact) mass is 510 g/mol. The molecule has 2 atom stereocenters. The molecular formula is C28H30N8O2. The number of nitriles is 1. The molecule has 10 nitrogen and oxygen atoms in total. The van der Waals surface area contributed by atoms with Gasteiger partial charge >= 0.3 is 0 Å². The van der Waals surface area contributed by atoms with Crippen molar-refractivity contribution in [1.82, 2.24) is 24.3 Å². The first-order valence-electron chi connectivity index (χ1n) is 13.0. The molecule has 0 aliphatic carbocycles. The molecule has 6 rings (SSSR count). The summed E-state index contributed by atoms with van der Waals surface area (Å²) in [4.78, 5) is 31.0. The third-order valence-electron chi connectivity index (χ3n) is 7.75. The van der Waals surface area contributed by atoms with Crippen LogP contribution in [0, 0.1) is 24.2 Å². The van der Waals surface area contributed by atoms with Crippen LogP contribution in [0.4, 0.5) is 11.6 Å². The van der Waals surface area contributed by atoms with Gasteiger partial charge in [0.15, 0.2) is 0 Å². The summed E-state index contributed by atoms with van der Waals surface area (Å²) in [6.07, 6.45) is 5.49. The van der Waals surface area contributed by atoms with Crippen LogP contribution in [-0.2, 0) is 9.53 Å². The standard InChI is InChI=1S/C28H30N8O2/c1-17-14-34(27(37)21-15-38-16-21)9-10-35(17)25-11-23-24(13-31-25)36-8-7-30-28(36)33-26(23)32-19(3)22-6-4-5-20(12-29)18(22)2/h4-8,11,13,17,19,21H,9-10,14-16H2,1-3H3,(H,30,32,33)/t17-,19+/m0/s1. The fourth-order valence-corrected chi connectivity index (χ4v) is 5.47. The van der Waals surface area contributed by atoms with Crippen molar-refractivity contribution >= 4 is 34.2 Å². The average Bonchev–Trinajstić information content (AvgIpc) is 3.36. The molecule has 4 aromatic rings. The fraction of sp³-hybridized carbons (Fsp3) is 0.393. The molecule has 194 valence electrons. The number of imidazole rings is 1. The summed E-state index contributed by atoms with van der Waals surface area (Å²) in [5.41, 5.74) is 3.57. The Kier molecular flexibility index (Phi) is 6.08.